The zero-order chi connectivity index (χ0) is 23.3. The number of Topliss-reactive ketones (excluding diaryl/α,β-unsaturated/α-hetero) is 1. The summed E-state index contributed by atoms with van der Waals surface area (Å²) in [4.78, 5) is 28.1. The maximum Gasteiger partial charge on any atom is 0.253 e. The molecule has 170 valence electrons. The summed E-state index contributed by atoms with van der Waals surface area (Å²) in [5, 5.41) is 7.99. The largest absolute Gasteiger partial charge is 0.486 e. The fourth-order valence-corrected chi connectivity index (χ4v) is 5.24. The van der Waals surface area contributed by atoms with Crippen molar-refractivity contribution >= 4 is 22.6 Å². The van der Waals surface area contributed by atoms with Crippen LogP contribution in [-0.2, 0) is 0 Å². The Balaban J connectivity index is 1.21. The van der Waals surface area contributed by atoms with Gasteiger partial charge in [-0.15, -0.1) is 0 Å². The number of aryl methyl sites for hydroxylation is 1. The van der Waals surface area contributed by atoms with Crippen molar-refractivity contribution < 1.29 is 14.3 Å². The molecule has 1 aromatic heterocycles. The Morgan fingerprint density at radius 1 is 1.03 bits per heavy atom. The number of fused-ring (bicyclic) bond motifs is 2. The van der Waals surface area contributed by atoms with Gasteiger partial charge in [0.05, 0.1) is 23.7 Å². The topological polar surface area (TPSA) is 75.3 Å². The minimum Gasteiger partial charge on any atom is -0.486 e. The summed E-state index contributed by atoms with van der Waals surface area (Å²) < 4.78 is 6.52. The Morgan fingerprint density at radius 2 is 1.82 bits per heavy atom. The van der Waals surface area contributed by atoms with E-state index in [0.29, 0.717) is 49.2 Å². The molecule has 0 saturated carbocycles. The van der Waals surface area contributed by atoms with Crippen molar-refractivity contribution in [3.05, 3.63) is 83.6 Å². The van der Waals surface area contributed by atoms with E-state index in [-0.39, 0.29) is 11.7 Å². The Bertz CT molecular complexity index is 1420. The summed E-state index contributed by atoms with van der Waals surface area (Å²) >= 11 is 0. The van der Waals surface area contributed by atoms with Crippen LogP contribution < -0.4 is 4.74 Å². The average molecular weight is 452 g/mol. The van der Waals surface area contributed by atoms with E-state index >= 15 is 0 Å². The van der Waals surface area contributed by atoms with Gasteiger partial charge >= 0.3 is 0 Å². The standard InChI is InChI=1S/C28H25N3O3/c1-18-13-21(14-22-17-29-30-26(18)22)27(33)31-11-9-28(10-12-31)16-24(32)23-8-7-20(15-25(23)34-28)19-5-3-2-4-6-19/h2-8,13-15,17H,9-12,16H2,1H3,(H,29,30). The fraction of sp³-hybridized carbons (Fsp3) is 0.250. The minimum atomic E-state index is -0.555. The van der Waals surface area contributed by atoms with Crippen LogP contribution in [0, 0.1) is 6.92 Å². The predicted octanol–water partition coefficient (Wildman–Crippen LogP) is 5.18. The highest BCUT2D eigenvalue weighted by Gasteiger charge is 2.43. The number of likely N-dealkylation sites (tertiary alicyclic amines) is 1. The van der Waals surface area contributed by atoms with Gasteiger partial charge in [-0.25, -0.2) is 0 Å². The molecule has 1 amide bonds. The summed E-state index contributed by atoms with van der Waals surface area (Å²) in [5.74, 6) is 0.773. The number of ether oxygens (including phenoxy) is 1. The Morgan fingerprint density at radius 3 is 2.62 bits per heavy atom. The smallest absolute Gasteiger partial charge is 0.253 e. The van der Waals surface area contributed by atoms with Gasteiger partial charge in [-0.1, -0.05) is 36.4 Å². The van der Waals surface area contributed by atoms with Gasteiger partial charge < -0.3 is 9.64 Å². The normalized spacial score (nSPS) is 17.0. The second-order valence-corrected chi connectivity index (χ2v) is 9.38. The molecule has 3 heterocycles. The average Bonchev–Trinajstić information content (AvgIpc) is 3.34. The van der Waals surface area contributed by atoms with Gasteiger partial charge in [-0.2, -0.15) is 5.10 Å². The molecule has 0 unspecified atom stereocenters. The van der Waals surface area contributed by atoms with Gasteiger partial charge in [0.25, 0.3) is 5.91 Å². The lowest BCUT2D eigenvalue weighted by Gasteiger charge is -2.44. The molecular formula is C28H25N3O3. The molecule has 1 spiro atoms. The van der Waals surface area contributed by atoms with Crippen molar-refractivity contribution in [3.8, 4) is 16.9 Å². The summed E-state index contributed by atoms with van der Waals surface area (Å²) in [7, 11) is 0. The zero-order valence-corrected chi connectivity index (χ0v) is 19.0. The lowest BCUT2D eigenvalue weighted by molar-refractivity contribution is -0.00566. The molecule has 2 aliphatic heterocycles. The summed E-state index contributed by atoms with van der Waals surface area (Å²) in [6.07, 6.45) is 3.36. The van der Waals surface area contributed by atoms with Crippen LogP contribution >= 0.6 is 0 Å². The number of aromatic amines is 1. The highest BCUT2D eigenvalue weighted by Crippen LogP contribution is 2.41. The van der Waals surface area contributed by atoms with E-state index in [9.17, 15) is 9.59 Å². The van der Waals surface area contributed by atoms with Gasteiger partial charge in [-0.05, 0) is 47.9 Å². The van der Waals surface area contributed by atoms with Crippen LogP contribution in [0.3, 0.4) is 0 Å². The predicted molar refractivity (Wildman–Crippen MR) is 130 cm³/mol. The SMILES string of the molecule is Cc1cc(C(=O)N2CCC3(CC2)CC(=O)c2ccc(-c4ccccc4)cc2O3)cc2cn[nH]c12. The number of aromatic nitrogens is 2. The molecule has 0 aliphatic carbocycles. The highest BCUT2D eigenvalue weighted by molar-refractivity contribution is 6.01. The lowest BCUT2D eigenvalue weighted by Crippen LogP contribution is -2.52. The van der Waals surface area contributed by atoms with Crippen molar-refractivity contribution in [1.29, 1.82) is 0 Å². The first kappa shape index (κ1) is 20.7. The van der Waals surface area contributed by atoms with E-state index in [4.69, 9.17) is 4.74 Å². The molecule has 3 aromatic carbocycles. The number of nitrogens with one attached hydrogen (secondary N) is 1. The van der Waals surface area contributed by atoms with E-state index in [2.05, 4.69) is 22.3 Å². The zero-order valence-electron chi connectivity index (χ0n) is 19.0. The van der Waals surface area contributed by atoms with Gasteiger partial charge in [0.1, 0.15) is 11.4 Å². The van der Waals surface area contributed by atoms with Crippen molar-refractivity contribution in [2.45, 2.75) is 31.8 Å². The van der Waals surface area contributed by atoms with E-state index in [0.717, 1.165) is 27.6 Å². The van der Waals surface area contributed by atoms with Crippen LogP contribution in [0.25, 0.3) is 22.0 Å². The van der Waals surface area contributed by atoms with Crippen molar-refractivity contribution in [3.63, 3.8) is 0 Å². The lowest BCUT2D eigenvalue weighted by atomic mass is 9.82. The summed E-state index contributed by atoms with van der Waals surface area (Å²) in [6.45, 7) is 3.09. The van der Waals surface area contributed by atoms with Crippen LogP contribution in [-0.4, -0.2) is 45.5 Å². The Hall–Kier alpha value is -3.93. The molecule has 4 aromatic rings. The van der Waals surface area contributed by atoms with Crippen LogP contribution in [0.2, 0.25) is 0 Å². The Labute approximate surface area is 197 Å². The maximum atomic E-state index is 13.2. The summed E-state index contributed by atoms with van der Waals surface area (Å²) in [5.41, 5.74) is 4.83. The fourth-order valence-electron chi connectivity index (χ4n) is 5.24. The third kappa shape index (κ3) is 3.46. The monoisotopic (exact) mass is 451 g/mol. The summed E-state index contributed by atoms with van der Waals surface area (Å²) in [6, 6.07) is 19.7. The van der Waals surface area contributed by atoms with Crippen LogP contribution in [0.4, 0.5) is 0 Å². The van der Waals surface area contributed by atoms with Gasteiger partial charge in [0.15, 0.2) is 5.78 Å². The quantitative estimate of drug-likeness (QED) is 0.456. The van der Waals surface area contributed by atoms with Crippen LogP contribution in [0.15, 0.2) is 66.9 Å². The van der Waals surface area contributed by atoms with Crippen molar-refractivity contribution in [2.75, 3.05) is 13.1 Å². The van der Waals surface area contributed by atoms with E-state index in [1.54, 1.807) is 6.20 Å². The molecule has 0 bridgehead atoms. The van der Waals surface area contributed by atoms with Crippen LogP contribution in [0.5, 0.6) is 5.75 Å². The Kier molecular flexibility index (Phi) is 4.76. The highest BCUT2D eigenvalue weighted by atomic mass is 16.5. The second-order valence-electron chi connectivity index (χ2n) is 9.38. The van der Waals surface area contributed by atoms with E-state index < -0.39 is 5.60 Å². The molecule has 0 atom stereocenters. The number of hydrogen-bond donors (Lipinski definition) is 1. The number of hydrogen-bond acceptors (Lipinski definition) is 4. The number of piperidine rings is 1. The number of amides is 1. The minimum absolute atomic E-state index is 0.00921. The van der Waals surface area contributed by atoms with Gasteiger partial charge in [-0.3, -0.25) is 14.7 Å². The van der Waals surface area contributed by atoms with Crippen molar-refractivity contribution in [1.82, 2.24) is 15.1 Å². The molecule has 1 saturated heterocycles. The molecule has 6 rings (SSSR count). The maximum absolute atomic E-state index is 13.2. The number of H-pyrrole nitrogens is 1. The van der Waals surface area contributed by atoms with Crippen molar-refractivity contribution in [2.24, 2.45) is 0 Å². The first-order chi connectivity index (χ1) is 16.5. The number of carbonyl (C=O) groups excluding carboxylic acids is 2. The molecule has 6 nitrogen and oxygen atoms in total. The van der Waals surface area contributed by atoms with Gasteiger partial charge in [0.2, 0.25) is 0 Å². The third-order valence-corrected chi connectivity index (χ3v) is 7.15. The molecule has 34 heavy (non-hydrogen) atoms. The second kappa shape index (κ2) is 7.83. The number of benzene rings is 3. The van der Waals surface area contributed by atoms with Gasteiger partial charge in [0, 0.05) is 36.9 Å². The number of rotatable bonds is 2. The molecule has 1 fully saturated rings. The molecule has 0 radical (unpaired) electrons. The molecule has 1 N–H and O–H groups in total. The number of nitrogens with zero attached hydrogens (tertiary/aromatic N) is 2. The number of carbonyl (C=O) groups is 2. The number of ketones is 1. The van der Waals surface area contributed by atoms with E-state index in [1.165, 1.54) is 0 Å². The first-order valence-corrected chi connectivity index (χ1v) is 11.7. The van der Waals surface area contributed by atoms with Crippen LogP contribution in [0.1, 0.15) is 45.5 Å². The molecular weight excluding hydrogens is 426 g/mol. The third-order valence-electron chi connectivity index (χ3n) is 7.15. The molecule has 6 heteroatoms. The molecule has 2 aliphatic rings. The van der Waals surface area contributed by atoms with E-state index in [1.807, 2.05) is 60.4 Å². The first-order valence-electron chi connectivity index (χ1n) is 11.7.